The van der Waals surface area contributed by atoms with Crippen molar-refractivity contribution in [2.75, 3.05) is 0 Å². The summed E-state index contributed by atoms with van der Waals surface area (Å²) < 4.78 is 24.1. The summed E-state index contributed by atoms with van der Waals surface area (Å²) in [6.07, 6.45) is 13.1. The summed E-state index contributed by atoms with van der Waals surface area (Å²) in [4.78, 5) is 12.2. The van der Waals surface area contributed by atoms with E-state index < -0.39 is 5.60 Å². The van der Waals surface area contributed by atoms with Gasteiger partial charge < -0.3 is 33.1 Å². The lowest BCUT2D eigenvalue weighted by Gasteiger charge is -2.33. The summed E-state index contributed by atoms with van der Waals surface area (Å²) in [5, 5.41) is 33.7. The Morgan fingerprint density at radius 3 is 1.58 bits per heavy atom. The molecule has 66 heavy (non-hydrogen) atoms. The summed E-state index contributed by atoms with van der Waals surface area (Å²) in [6, 6.07) is 8.25. The fourth-order valence-corrected chi connectivity index (χ4v) is 12.6. The number of nitrogens with zero attached hydrogens (tertiary/aromatic N) is 1. The Hall–Kier alpha value is -3.82. The Morgan fingerprint density at radius 2 is 0.970 bits per heavy atom. The van der Waals surface area contributed by atoms with Crippen LogP contribution in [0.1, 0.15) is 270 Å². The maximum Gasteiger partial charge on any atom is 0.169 e. The lowest BCUT2D eigenvalue weighted by atomic mass is 9.76. The number of hydrogen-bond acceptors (Lipinski definition) is 9. The number of rotatable bonds is 0. The number of Topliss-reactive ketones (excluding diaryl/α,β-unsaturated/α-hetero) is 1. The molecule has 0 saturated heterocycles. The highest BCUT2D eigenvalue weighted by Crippen LogP contribution is 2.56. The Balaban J connectivity index is 0.000000111. The molecule has 8 bridgehead atoms. The number of carbonyl (C=O) groups excluding carboxylic acids is 1. The van der Waals surface area contributed by atoms with E-state index in [0.717, 1.165) is 138 Å². The Labute approximate surface area is 393 Å². The van der Waals surface area contributed by atoms with Crippen molar-refractivity contribution in [2.45, 2.75) is 224 Å². The van der Waals surface area contributed by atoms with E-state index in [0.29, 0.717) is 47.2 Å². The second-order valence-corrected chi connectivity index (χ2v) is 25.9. The normalized spacial score (nSPS) is 31.8. The molecule has 4 fully saturated rings. The minimum atomic E-state index is -0.685. The van der Waals surface area contributed by atoms with E-state index in [-0.39, 0.29) is 33.7 Å². The molecule has 4 aromatic rings. The van der Waals surface area contributed by atoms with Crippen LogP contribution in [0.2, 0.25) is 0 Å². The van der Waals surface area contributed by atoms with Gasteiger partial charge in [0.2, 0.25) is 0 Å². The molecule has 8 aliphatic rings. The smallest absolute Gasteiger partial charge is 0.169 e. The van der Waals surface area contributed by atoms with Crippen molar-refractivity contribution in [1.82, 2.24) is 0 Å². The number of furan rings is 4. The molecular formula is C57H79NO8. The first-order chi connectivity index (χ1) is 30.7. The van der Waals surface area contributed by atoms with Crippen molar-refractivity contribution in [2.24, 2.45) is 28.8 Å². The summed E-state index contributed by atoms with van der Waals surface area (Å²) in [5.74, 6) is 12.2. The quantitative estimate of drug-likeness (QED) is 0.117. The van der Waals surface area contributed by atoms with Gasteiger partial charge in [0.25, 0.3) is 0 Å². The molecule has 10 atom stereocenters. The van der Waals surface area contributed by atoms with E-state index in [1.807, 2.05) is 13.0 Å². The summed E-state index contributed by atoms with van der Waals surface area (Å²) in [6.45, 7) is 27.7. The topological polar surface area (TPSA) is 143 Å². The van der Waals surface area contributed by atoms with Gasteiger partial charge in [0, 0.05) is 73.9 Å². The lowest BCUT2D eigenvalue weighted by Crippen LogP contribution is -2.33. The maximum atomic E-state index is 12.2. The van der Waals surface area contributed by atoms with E-state index >= 15 is 0 Å². The van der Waals surface area contributed by atoms with Crippen molar-refractivity contribution in [3.63, 3.8) is 0 Å². The molecule has 0 aromatic carbocycles. The molecule has 4 saturated carbocycles. The van der Waals surface area contributed by atoms with Crippen molar-refractivity contribution in [1.29, 1.82) is 0 Å². The number of aliphatic hydroxyl groups is 2. The van der Waals surface area contributed by atoms with Crippen LogP contribution in [-0.4, -0.2) is 26.9 Å². The van der Waals surface area contributed by atoms with Crippen molar-refractivity contribution >= 4 is 11.5 Å². The van der Waals surface area contributed by atoms with Gasteiger partial charge in [0.05, 0.1) is 23.0 Å². The van der Waals surface area contributed by atoms with Crippen molar-refractivity contribution in [3.8, 4) is 0 Å². The summed E-state index contributed by atoms with van der Waals surface area (Å²) in [5.41, 5.74) is 4.28. The Morgan fingerprint density at radius 1 is 0.530 bits per heavy atom. The predicted octanol–water partition coefficient (Wildman–Crippen LogP) is 14.5. The lowest BCUT2D eigenvalue weighted by molar-refractivity contribution is -0.0115. The molecule has 3 N–H and O–H groups in total. The molecule has 9 heteroatoms. The van der Waals surface area contributed by atoms with Crippen molar-refractivity contribution < 1.29 is 37.9 Å². The molecule has 10 unspecified atom stereocenters. The van der Waals surface area contributed by atoms with E-state index in [1.54, 1.807) is 0 Å². The number of aliphatic hydroxyl groups excluding tert-OH is 1. The summed E-state index contributed by atoms with van der Waals surface area (Å²) in [7, 11) is 0. The zero-order chi connectivity index (χ0) is 47.6. The third-order valence-corrected chi connectivity index (χ3v) is 16.8. The standard InChI is InChI=1S/C15H22O2.C14H19NO2.C14H20O2.C14H18O2/c1-14(2,3)12-8-11-13(17-12)9-5-6-10(7-9)15(11,4)16;1-14(2,3)11-7-10-12(15-16)8-4-5-9(6-8)13(10)17-11;2*1-14(2,3)11-7-10-12(15)8-4-5-9(6-8)13(10)16-11/h8-10,16H,5-7H2,1-4H3;7-9,16H,4-6H2,1-3H3;7-9,12,15H,4-6H2,1-3H3;7-9H,4-6H2,1-3H3/b;15-12-;;. The number of carbonyl (C=O) groups is 1. The number of fused-ring (bicyclic) bond motifs is 16. The first-order valence-corrected chi connectivity index (χ1v) is 25.5. The van der Waals surface area contributed by atoms with Crippen LogP contribution in [0.15, 0.2) is 47.1 Å². The van der Waals surface area contributed by atoms with Gasteiger partial charge in [-0.1, -0.05) is 88.2 Å². The average molecular weight is 906 g/mol. The second-order valence-electron chi connectivity index (χ2n) is 25.9. The molecular weight excluding hydrogens is 827 g/mol. The zero-order valence-corrected chi connectivity index (χ0v) is 42.3. The first-order valence-electron chi connectivity index (χ1n) is 25.5. The molecule has 0 spiro atoms. The molecule has 0 amide bonds. The highest BCUT2D eigenvalue weighted by Gasteiger charge is 2.50. The maximum absolute atomic E-state index is 12.2. The zero-order valence-electron chi connectivity index (χ0n) is 42.3. The summed E-state index contributed by atoms with van der Waals surface area (Å²) >= 11 is 0. The van der Waals surface area contributed by atoms with Gasteiger partial charge in [-0.05, 0) is 120 Å². The molecule has 0 radical (unpaired) electrons. The van der Waals surface area contributed by atoms with Gasteiger partial charge in [0.1, 0.15) is 46.1 Å². The number of hydrogen-bond donors (Lipinski definition) is 3. The van der Waals surface area contributed by atoms with E-state index in [1.165, 1.54) is 12.8 Å². The molecule has 9 nitrogen and oxygen atoms in total. The van der Waals surface area contributed by atoms with Crippen LogP contribution >= 0.6 is 0 Å². The monoisotopic (exact) mass is 906 g/mol. The SMILES string of the molecule is CC(C)(C)c1cc2c(o1)C1CCC(C1)/C2=N/O.CC(C)(C)c1cc2c(o1)C1CCC(C1)C2(C)O.CC(C)(C)c1cc2c(o1)C1CCC(C1)C2=O.CC(C)(C)c1cc2c(o1)C1CCC(C1)C2O. The van der Waals surface area contributed by atoms with Gasteiger partial charge in [-0.25, -0.2) is 0 Å². The van der Waals surface area contributed by atoms with Crippen LogP contribution in [0.3, 0.4) is 0 Å². The second kappa shape index (κ2) is 16.4. The van der Waals surface area contributed by atoms with E-state index in [4.69, 9.17) is 17.7 Å². The minimum absolute atomic E-state index is 0.00311. The van der Waals surface area contributed by atoms with Crippen LogP contribution in [0.5, 0.6) is 0 Å². The molecule has 4 heterocycles. The Bertz CT molecular complexity index is 2460. The van der Waals surface area contributed by atoms with E-state index in [9.17, 15) is 20.2 Å². The van der Waals surface area contributed by atoms with E-state index in [2.05, 4.69) is 106 Å². The Kier molecular flexibility index (Phi) is 11.8. The van der Waals surface area contributed by atoms with Gasteiger partial charge in [0.15, 0.2) is 5.78 Å². The number of oxime groups is 1. The highest BCUT2D eigenvalue weighted by molar-refractivity contribution is 6.04. The number of ketones is 1. The van der Waals surface area contributed by atoms with Crippen LogP contribution in [-0.2, 0) is 27.3 Å². The molecule has 360 valence electrons. The highest BCUT2D eigenvalue weighted by atomic mass is 16.4. The third-order valence-electron chi connectivity index (χ3n) is 16.8. The van der Waals surface area contributed by atoms with Gasteiger partial charge in [-0.3, -0.25) is 4.79 Å². The van der Waals surface area contributed by atoms with Gasteiger partial charge in [-0.15, -0.1) is 0 Å². The molecule has 4 aromatic heterocycles. The average Bonchev–Trinajstić information content (AvgIpc) is 4.07. The molecule has 8 aliphatic carbocycles. The first kappa shape index (κ1) is 47.3. The van der Waals surface area contributed by atoms with Crippen molar-refractivity contribution in [3.05, 3.63) is 92.6 Å². The predicted molar refractivity (Wildman–Crippen MR) is 257 cm³/mol. The van der Waals surface area contributed by atoms with Crippen LogP contribution in [0.25, 0.3) is 0 Å². The minimum Gasteiger partial charge on any atom is -0.465 e. The third kappa shape index (κ3) is 8.42. The van der Waals surface area contributed by atoms with Gasteiger partial charge in [-0.2, -0.15) is 0 Å². The fourth-order valence-electron chi connectivity index (χ4n) is 12.6. The molecule has 12 rings (SSSR count). The van der Waals surface area contributed by atoms with Crippen LogP contribution in [0, 0.1) is 23.7 Å². The molecule has 0 aliphatic heterocycles. The van der Waals surface area contributed by atoms with Crippen LogP contribution in [0.4, 0.5) is 0 Å². The van der Waals surface area contributed by atoms with Crippen LogP contribution < -0.4 is 0 Å². The van der Waals surface area contributed by atoms with Gasteiger partial charge >= 0.3 is 0 Å². The largest absolute Gasteiger partial charge is 0.465 e. The fraction of sp³-hybridized carbons (Fsp3) is 0.684.